The Morgan fingerprint density at radius 1 is 1.03 bits per heavy atom. The van der Waals surface area contributed by atoms with Crippen LogP contribution in [-0.2, 0) is 6.54 Å². The van der Waals surface area contributed by atoms with Crippen molar-refractivity contribution in [3.8, 4) is 17.0 Å². The average molecular weight is 479 g/mol. The highest BCUT2D eigenvalue weighted by Crippen LogP contribution is 2.30. The van der Waals surface area contributed by atoms with E-state index in [1.54, 1.807) is 0 Å². The fraction of sp³-hybridized carbons (Fsp3) is 0.0714. The van der Waals surface area contributed by atoms with Gasteiger partial charge in [-0.1, -0.05) is 42.5 Å². The number of hydrogen-bond acceptors (Lipinski definition) is 7. The highest BCUT2D eigenvalue weighted by molar-refractivity contribution is 6.16. The molecule has 0 radical (unpaired) electrons. The summed E-state index contributed by atoms with van der Waals surface area (Å²) in [6.07, 6.45) is 1.30. The zero-order chi connectivity index (χ0) is 25.2. The largest absolute Gasteiger partial charge is 0.508 e. The molecule has 0 saturated carbocycles. The lowest BCUT2D eigenvalue weighted by atomic mass is 9.99. The average Bonchev–Trinajstić information content (AvgIpc) is 2.86. The monoisotopic (exact) mass is 478 g/mol. The minimum Gasteiger partial charge on any atom is -0.508 e. The molecule has 0 saturated heterocycles. The van der Waals surface area contributed by atoms with Gasteiger partial charge in [-0.15, -0.1) is 0 Å². The Kier molecular flexibility index (Phi) is 6.00. The lowest BCUT2D eigenvalue weighted by molar-refractivity contribution is 0.469. The molecule has 0 aliphatic heterocycles. The molecule has 0 unspecified atom stereocenters. The van der Waals surface area contributed by atoms with Gasteiger partial charge in [-0.2, -0.15) is 0 Å². The van der Waals surface area contributed by atoms with Crippen LogP contribution >= 0.6 is 0 Å². The van der Waals surface area contributed by atoms with Crippen molar-refractivity contribution in [2.75, 3.05) is 11.1 Å². The molecule has 0 atom stereocenters. The first-order valence-electron chi connectivity index (χ1n) is 11.3. The van der Waals surface area contributed by atoms with Crippen LogP contribution in [0.3, 0.4) is 0 Å². The van der Waals surface area contributed by atoms with Crippen LogP contribution in [0.15, 0.2) is 79.1 Å². The van der Waals surface area contributed by atoms with E-state index in [1.807, 2.05) is 55.5 Å². The van der Waals surface area contributed by atoms with E-state index >= 15 is 0 Å². The summed E-state index contributed by atoms with van der Waals surface area (Å²) in [4.78, 5) is 13.3. The summed E-state index contributed by atoms with van der Waals surface area (Å²) in [5.41, 5.74) is 11.2. The van der Waals surface area contributed by atoms with Crippen LogP contribution in [0.4, 0.5) is 16.0 Å². The van der Waals surface area contributed by atoms with Gasteiger partial charge in [0.15, 0.2) is 0 Å². The maximum atomic E-state index is 13.9. The molecule has 7 nitrogen and oxygen atoms in total. The van der Waals surface area contributed by atoms with Crippen LogP contribution in [0, 0.1) is 18.2 Å². The second-order valence-corrected chi connectivity index (χ2v) is 8.41. The number of phenols is 1. The number of halogens is 1. The van der Waals surface area contributed by atoms with Crippen LogP contribution in [0.5, 0.6) is 5.75 Å². The molecule has 0 fully saturated rings. The standard InChI is InChI=1S/C28H23FN6O/c1-16-6-2-4-8-22(16)26-19(10-17-7-3-5-9-23(17)35-26)14-32-28-24(27(31)33-15-34-28)25(30)18-11-20(29)13-21(36)12-18/h2-13,15,30,36H,14H2,1H3,(H3,31,32,33,34). The van der Waals surface area contributed by atoms with Gasteiger partial charge in [0.25, 0.3) is 0 Å². The summed E-state index contributed by atoms with van der Waals surface area (Å²) >= 11 is 0. The highest BCUT2D eigenvalue weighted by atomic mass is 19.1. The number of pyridine rings is 1. The van der Waals surface area contributed by atoms with Crippen molar-refractivity contribution in [2.24, 2.45) is 0 Å². The number of fused-ring (bicyclic) bond motifs is 1. The number of aryl methyl sites for hydroxylation is 1. The number of anilines is 2. The third kappa shape index (κ3) is 4.44. The molecule has 5 N–H and O–H groups in total. The maximum absolute atomic E-state index is 13.9. The van der Waals surface area contributed by atoms with Crippen molar-refractivity contribution in [1.82, 2.24) is 15.0 Å². The van der Waals surface area contributed by atoms with Crippen LogP contribution in [-0.4, -0.2) is 25.8 Å². The molecule has 0 amide bonds. The Morgan fingerprint density at radius 3 is 2.61 bits per heavy atom. The van der Waals surface area contributed by atoms with Crippen molar-refractivity contribution < 1.29 is 9.50 Å². The first kappa shape index (κ1) is 22.9. The molecule has 0 spiro atoms. The van der Waals surface area contributed by atoms with E-state index in [0.717, 1.165) is 45.4 Å². The Hall–Kier alpha value is -4.85. The molecule has 8 heteroatoms. The molecule has 5 aromatic rings. The number of benzene rings is 3. The first-order chi connectivity index (χ1) is 17.4. The number of rotatable bonds is 6. The SMILES string of the molecule is Cc1ccccc1-c1nc2ccccc2cc1CNc1ncnc(N)c1C(=N)c1cc(O)cc(F)c1. The summed E-state index contributed by atoms with van der Waals surface area (Å²) in [7, 11) is 0. The minimum absolute atomic E-state index is 0.0667. The summed E-state index contributed by atoms with van der Waals surface area (Å²) in [6, 6.07) is 21.5. The van der Waals surface area contributed by atoms with Crippen molar-refractivity contribution in [3.05, 3.63) is 107 Å². The number of aromatic hydroxyl groups is 1. The quantitative estimate of drug-likeness (QED) is 0.241. The topological polar surface area (TPSA) is 121 Å². The van der Waals surface area contributed by atoms with E-state index < -0.39 is 5.82 Å². The number of hydrogen-bond donors (Lipinski definition) is 4. The predicted molar refractivity (Wildman–Crippen MR) is 140 cm³/mol. The van der Waals surface area contributed by atoms with Gasteiger partial charge in [-0.3, -0.25) is 5.41 Å². The van der Waals surface area contributed by atoms with Crippen LogP contribution in [0.25, 0.3) is 22.2 Å². The highest BCUT2D eigenvalue weighted by Gasteiger charge is 2.19. The summed E-state index contributed by atoms with van der Waals surface area (Å²) in [6.45, 7) is 2.38. The molecule has 36 heavy (non-hydrogen) atoms. The van der Waals surface area contributed by atoms with Crippen LogP contribution < -0.4 is 11.1 Å². The third-order valence-corrected chi connectivity index (χ3v) is 5.95. The van der Waals surface area contributed by atoms with Gasteiger partial charge < -0.3 is 16.2 Å². The molecule has 3 aromatic carbocycles. The fourth-order valence-electron chi connectivity index (χ4n) is 4.19. The second kappa shape index (κ2) is 9.42. The molecule has 0 aliphatic carbocycles. The summed E-state index contributed by atoms with van der Waals surface area (Å²) in [5, 5.41) is 22.7. The zero-order valence-electron chi connectivity index (χ0n) is 19.5. The molecule has 2 aromatic heterocycles. The van der Waals surface area contributed by atoms with Crippen molar-refractivity contribution in [3.63, 3.8) is 0 Å². The maximum Gasteiger partial charge on any atom is 0.141 e. The lowest BCUT2D eigenvalue weighted by Crippen LogP contribution is -2.14. The molecular formula is C28H23FN6O. The van der Waals surface area contributed by atoms with Gasteiger partial charge in [0.2, 0.25) is 0 Å². The van der Waals surface area contributed by atoms with Gasteiger partial charge in [-0.05, 0) is 42.3 Å². The Morgan fingerprint density at radius 2 is 1.81 bits per heavy atom. The molecule has 2 heterocycles. The van der Waals surface area contributed by atoms with Crippen LogP contribution in [0.1, 0.15) is 22.3 Å². The summed E-state index contributed by atoms with van der Waals surface area (Å²) < 4.78 is 13.9. The van der Waals surface area contributed by atoms with Crippen molar-refractivity contribution >= 4 is 28.3 Å². The number of nitrogen functional groups attached to an aromatic ring is 1. The first-order valence-corrected chi connectivity index (χ1v) is 11.3. The van der Waals surface area contributed by atoms with Crippen molar-refractivity contribution in [1.29, 1.82) is 5.41 Å². The van der Waals surface area contributed by atoms with E-state index in [4.69, 9.17) is 16.1 Å². The fourth-order valence-corrected chi connectivity index (χ4v) is 4.19. The third-order valence-electron chi connectivity index (χ3n) is 5.95. The normalized spacial score (nSPS) is 10.9. The second-order valence-electron chi connectivity index (χ2n) is 8.41. The van der Waals surface area contributed by atoms with E-state index in [0.29, 0.717) is 12.4 Å². The van der Waals surface area contributed by atoms with E-state index in [2.05, 4.69) is 21.4 Å². The van der Waals surface area contributed by atoms with Gasteiger partial charge in [0.05, 0.1) is 22.5 Å². The molecule has 0 bridgehead atoms. The smallest absolute Gasteiger partial charge is 0.141 e. The van der Waals surface area contributed by atoms with Crippen LogP contribution in [0.2, 0.25) is 0 Å². The van der Waals surface area contributed by atoms with Gasteiger partial charge in [-0.25, -0.2) is 19.3 Å². The Bertz CT molecular complexity index is 1600. The number of nitrogens with one attached hydrogen (secondary N) is 2. The lowest BCUT2D eigenvalue weighted by Gasteiger charge is -2.16. The molecule has 178 valence electrons. The van der Waals surface area contributed by atoms with Crippen molar-refractivity contribution in [2.45, 2.75) is 13.5 Å². The number of nitrogens with zero attached hydrogens (tertiary/aromatic N) is 3. The Labute approximate surface area is 207 Å². The Balaban J connectivity index is 1.55. The number of para-hydroxylation sites is 1. The van der Waals surface area contributed by atoms with Gasteiger partial charge in [0, 0.05) is 29.1 Å². The van der Waals surface area contributed by atoms with E-state index in [-0.39, 0.29) is 28.4 Å². The predicted octanol–water partition coefficient (Wildman–Crippen LogP) is 5.46. The zero-order valence-corrected chi connectivity index (χ0v) is 19.5. The number of phenolic OH excluding ortho intramolecular Hbond substituents is 1. The molecule has 5 rings (SSSR count). The number of nitrogens with two attached hydrogens (primary N) is 1. The number of aromatic nitrogens is 3. The van der Waals surface area contributed by atoms with E-state index in [1.165, 1.54) is 12.4 Å². The van der Waals surface area contributed by atoms with Gasteiger partial charge in [0.1, 0.15) is 29.5 Å². The van der Waals surface area contributed by atoms with Gasteiger partial charge >= 0.3 is 0 Å². The molecule has 0 aliphatic rings. The molecular weight excluding hydrogens is 455 g/mol. The summed E-state index contributed by atoms with van der Waals surface area (Å²) in [5.74, 6) is -0.563. The minimum atomic E-state index is -0.662. The van der Waals surface area contributed by atoms with E-state index in [9.17, 15) is 9.50 Å².